The third-order valence-corrected chi connectivity index (χ3v) is 8.67. The van der Waals surface area contributed by atoms with E-state index in [4.69, 9.17) is 10.5 Å². The Labute approximate surface area is 245 Å². The third kappa shape index (κ3) is 5.90. The van der Waals surface area contributed by atoms with Crippen LogP contribution in [-0.2, 0) is 20.6 Å². The first-order valence-electron chi connectivity index (χ1n) is 14.3. The number of likely N-dealkylation sites (tertiary alicyclic amines) is 1. The minimum Gasteiger partial charge on any atom is -0.480 e. The Morgan fingerprint density at radius 1 is 1.05 bits per heavy atom. The maximum atomic E-state index is 14.0. The number of carbonyl (C=O) groups is 4. The maximum Gasteiger partial charge on any atom is 0.416 e. The summed E-state index contributed by atoms with van der Waals surface area (Å²) >= 11 is 0. The lowest BCUT2D eigenvalue weighted by atomic mass is 9.77. The normalized spacial score (nSPS) is 25.9. The van der Waals surface area contributed by atoms with Crippen LogP contribution in [0.5, 0.6) is 11.5 Å². The fourth-order valence-electron chi connectivity index (χ4n) is 6.77. The van der Waals surface area contributed by atoms with Crippen LogP contribution in [0.15, 0.2) is 48.5 Å². The summed E-state index contributed by atoms with van der Waals surface area (Å²) in [6.45, 7) is 0.0723. The predicted octanol–water partition coefficient (Wildman–Crippen LogP) is 4.35. The Morgan fingerprint density at radius 3 is 2.37 bits per heavy atom. The van der Waals surface area contributed by atoms with Crippen molar-refractivity contribution in [2.75, 3.05) is 6.54 Å². The lowest BCUT2D eigenvalue weighted by Gasteiger charge is -2.34. The Balaban J connectivity index is 1.49. The van der Waals surface area contributed by atoms with Crippen molar-refractivity contribution in [3.63, 3.8) is 0 Å². The molecular weight excluding hydrogens is 569 g/mol. The molecule has 0 aromatic heterocycles. The molecule has 2 aromatic rings. The second-order valence-electron chi connectivity index (χ2n) is 11.3. The van der Waals surface area contributed by atoms with E-state index >= 15 is 0 Å². The molecular formula is C30H33F3N4O6. The fourth-order valence-corrected chi connectivity index (χ4v) is 6.77. The monoisotopic (exact) mass is 602 g/mol. The molecule has 2 heterocycles. The largest absolute Gasteiger partial charge is 0.480 e. The van der Waals surface area contributed by atoms with Gasteiger partial charge in [0.25, 0.3) is 0 Å². The van der Waals surface area contributed by atoms with E-state index in [1.165, 1.54) is 29.2 Å². The topological polar surface area (TPSA) is 151 Å². The Bertz CT molecular complexity index is 1410. The van der Waals surface area contributed by atoms with Crippen molar-refractivity contribution in [3.8, 4) is 11.5 Å². The second kappa shape index (κ2) is 11.9. The van der Waals surface area contributed by atoms with E-state index in [9.17, 15) is 37.5 Å². The Kier molecular flexibility index (Phi) is 8.37. The van der Waals surface area contributed by atoms with E-state index in [-0.39, 0.29) is 36.9 Å². The van der Waals surface area contributed by atoms with Gasteiger partial charge in [0.1, 0.15) is 17.0 Å². The zero-order chi connectivity index (χ0) is 30.9. The molecule has 2 aromatic carbocycles. The van der Waals surface area contributed by atoms with Gasteiger partial charge in [0.05, 0.1) is 17.4 Å². The highest BCUT2D eigenvalue weighted by Gasteiger charge is 2.68. The molecule has 5 N–H and O–H groups in total. The number of carbonyl (C=O) groups excluding carboxylic acids is 3. The smallest absolute Gasteiger partial charge is 0.416 e. The van der Waals surface area contributed by atoms with Crippen LogP contribution >= 0.6 is 0 Å². The quantitative estimate of drug-likeness (QED) is 0.246. The summed E-state index contributed by atoms with van der Waals surface area (Å²) < 4.78 is 45.4. The highest BCUT2D eigenvalue weighted by molar-refractivity contribution is 6.09. The van der Waals surface area contributed by atoms with Crippen molar-refractivity contribution < 1.29 is 42.2 Å². The average Bonchev–Trinajstić information content (AvgIpc) is 3.45. The van der Waals surface area contributed by atoms with Crippen molar-refractivity contribution in [2.45, 2.75) is 68.7 Å². The number of nitrogens with two attached hydrogens (primary N) is 1. The first kappa shape index (κ1) is 30.3. The maximum absolute atomic E-state index is 14.0. The van der Waals surface area contributed by atoms with Gasteiger partial charge in [-0.2, -0.15) is 13.2 Å². The molecule has 0 spiro atoms. The van der Waals surface area contributed by atoms with Crippen LogP contribution in [0.3, 0.4) is 0 Å². The summed E-state index contributed by atoms with van der Waals surface area (Å²) in [4.78, 5) is 53.3. The molecule has 2 aliphatic heterocycles. The van der Waals surface area contributed by atoms with Gasteiger partial charge in [-0.1, -0.05) is 37.5 Å². The minimum absolute atomic E-state index is 0.0540. The number of primary amides is 1. The zero-order valence-corrected chi connectivity index (χ0v) is 23.2. The molecule has 10 nitrogen and oxygen atoms in total. The fraction of sp³-hybridized carbons (Fsp3) is 0.467. The van der Waals surface area contributed by atoms with Gasteiger partial charge < -0.3 is 20.9 Å². The number of aliphatic carboxylic acids is 1. The Hall–Kier alpha value is -4.13. The van der Waals surface area contributed by atoms with Crippen molar-refractivity contribution in [1.82, 2.24) is 15.5 Å². The Morgan fingerprint density at radius 2 is 1.72 bits per heavy atom. The van der Waals surface area contributed by atoms with Crippen LogP contribution in [0.2, 0.25) is 0 Å². The summed E-state index contributed by atoms with van der Waals surface area (Å²) in [6.07, 6.45) is -0.450. The van der Waals surface area contributed by atoms with E-state index < -0.39 is 59.0 Å². The minimum atomic E-state index is -4.56. The molecule has 3 aliphatic rings. The molecule has 2 saturated heterocycles. The van der Waals surface area contributed by atoms with Gasteiger partial charge in [0.2, 0.25) is 11.8 Å². The first-order chi connectivity index (χ1) is 20.4. The number of carboxylic acid groups (broad SMARTS) is 1. The van der Waals surface area contributed by atoms with E-state index in [1.807, 2.05) is 0 Å². The van der Waals surface area contributed by atoms with Crippen molar-refractivity contribution >= 4 is 23.8 Å². The van der Waals surface area contributed by atoms with E-state index in [0.29, 0.717) is 18.4 Å². The average molecular weight is 603 g/mol. The molecule has 0 bridgehead atoms. The van der Waals surface area contributed by atoms with Crippen molar-refractivity contribution in [3.05, 3.63) is 59.7 Å². The molecule has 230 valence electrons. The van der Waals surface area contributed by atoms with Crippen LogP contribution < -0.4 is 21.1 Å². The van der Waals surface area contributed by atoms with Gasteiger partial charge >= 0.3 is 18.2 Å². The van der Waals surface area contributed by atoms with Crippen molar-refractivity contribution in [2.24, 2.45) is 17.6 Å². The third-order valence-electron chi connectivity index (χ3n) is 8.67. The van der Waals surface area contributed by atoms with Crippen LogP contribution in [0.25, 0.3) is 0 Å². The number of carboxylic acids is 1. The number of ether oxygens (including phenoxy) is 1. The van der Waals surface area contributed by atoms with Gasteiger partial charge in [0.15, 0.2) is 0 Å². The predicted molar refractivity (Wildman–Crippen MR) is 147 cm³/mol. The number of fused-ring (bicyclic) bond motifs is 1. The number of halogens is 3. The summed E-state index contributed by atoms with van der Waals surface area (Å²) in [5.41, 5.74) is 2.90. The molecule has 1 saturated carbocycles. The van der Waals surface area contributed by atoms with Crippen molar-refractivity contribution in [1.29, 1.82) is 0 Å². The summed E-state index contributed by atoms with van der Waals surface area (Å²) in [5.74, 6) is -4.38. The molecule has 43 heavy (non-hydrogen) atoms. The number of urea groups is 1. The lowest BCUT2D eigenvalue weighted by Crippen LogP contribution is -2.56. The van der Waals surface area contributed by atoms with Crippen LogP contribution in [-0.4, -0.2) is 51.9 Å². The van der Waals surface area contributed by atoms with Crippen LogP contribution in [0.4, 0.5) is 18.0 Å². The number of nitrogens with zero attached hydrogens (tertiary/aromatic N) is 1. The first-order valence-corrected chi connectivity index (χ1v) is 14.3. The molecule has 4 atom stereocenters. The number of rotatable bonds is 9. The number of hydrogen-bond acceptors (Lipinski definition) is 6. The van der Waals surface area contributed by atoms with Gasteiger partial charge in [0, 0.05) is 18.6 Å². The number of amides is 4. The van der Waals surface area contributed by atoms with Crippen LogP contribution in [0, 0.1) is 11.8 Å². The highest BCUT2D eigenvalue weighted by atomic mass is 19.4. The molecule has 4 unspecified atom stereocenters. The zero-order valence-electron chi connectivity index (χ0n) is 23.2. The lowest BCUT2D eigenvalue weighted by molar-refractivity contribution is -0.153. The van der Waals surface area contributed by atoms with E-state index in [0.717, 1.165) is 31.4 Å². The molecule has 13 heteroatoms. The number of nitrogens with one attached hydrogen (secondary N) is 2. The van der Waals surface area contributed by atoms with E-state index in [1.54, 1.807) is 12.1 Å². The van der Waals surface area contributed by atoms with E-state index in [2.05, 4.69) is 10.6 Å². The summed E-state index contributed by atoms with van der Waals surface area (Å²) in [7, 11) is 0. The standard InChI is InChI=1S/C30H33F3N4O6/c31-30(32,33)18-8-5-12-21(16-18)43-20-11-4-7-17(15-20)24-22-23(26(39)37(25(22)38)19-9-2-1-3-10-19)29(36-24,27(40)41)13-6-14-35-28(34)42/h4-5,7-8,11-12,15-16,19,22-24,36H,1-3,6,9-10,13-14H2,(H,40,41)(H3,34,35,42). The molecule has 5 rings (SSSR count). The molecule has 4 amide bonds. The number of hydrogen-bond donors (Lipinski definition) is 4. The van der Waals surface area contributed by atoms with Gasteiger partial charge in [-0.05, 0) is 61.6 Å². The van der Waals surface area contributed by atoms with Gasteiger partial charge in [-0.3, -0.25) is 24.6 Å². The molecule has 3 fully saturated rings. The van der Waals surface area contributed by atoms with Gasteiger partial charge in [-0.25, -0.2) is 4.79 Å². The summed E-state index contributed by atoms with van der Waals surface area (Å²) in [6, 6.07) is 8.73. The molecule has 1 aliphatic carbocycles. The molecule has 0 radical (unpaired) electrons. The summed E-state index contributed by atoms with van der Waals surface area (Å²) in [5, 5.41) is 16.1. The highest BCUT2D eigenvalue weighted by Crippen LogP contribution is 2.52. The number of benzene rings is 2. The SMILES string of the molecule is NC(=O)NCCCC1(C(=O)O)NC(c2cccc(Oc3cccc(C(F)(F)F)c3)c2)C2C(=O)N(C3CCCCC3)C(=O)C21. The second-order valence-corrected chi connectivity index (χ2v) is 11.3. The van der Waals surface area contributed by atoms with Gasteiger partial charge in [-0.15, -0.1) is 0 Å². The number of imide groups is 1. The number of alkyl halides is 3. The van der Waals surface area contributed by atoms with Crippen LogP contribution in [0.1, 0.15) is 62.1 Å².